The van der Waals surface area contributed by atoms with E-state index in [0.717, 1.165) is 43.5 Å². The minimum atomic E-state index is -0.346. The molecule has 0 saturated carbocycles. The van der Waals surface area contributed by atoms with Gasteiger partial charge < -0.3 is 14.7 Å². The van der Waals surface area contributed by atoms with Gasteiger partial charge in [-0.3, -0.25) is 9.69 Å². The molecule has 1 aromatic carbocycles. The predicted octanol–water partition coefficient (Wildman–Crippen LogP) is 2.28. The third-order valence-corrected chi connectivity index (χ3v) is 4.84. The van der Waals surface area contributed by atoms with Crippen LogP contribution < -0.4 is 4.74 Å². The Balaban J connectivity index is 1.94. The van der Waals surface area contributed by atoms with E-state index < -0.39 is 0 Å². The molecule has 0 radical (unpaired) electrons. The first-order valence-corrected chi connectivity index (χ1v) is 8.84. The maximum Gasteiger partial charge on any atom is 0.236 e. The van der Waals surface area contributed by atoms with Crippen molar-refractivity contribution in [1.82, 2.24) is 9.80 Å². The van der Waals surface area contributed by atoms with Crippen LogP contribution in [0.3, 0.4) is 0 Å². The highest BCUT2D eigenvalue weighted by atomic mass is 16.5. The van der Waals surface area contributed by atoms with Crippen LogP contribution in [0.25, 0.3) is 0 Å². The summed E-state index contributed by atoms with van der Waals surface area (Å²) in [4.78, 5) is 16.5. The number of amides is 1. The van der Waals surface area contributed by atoms with E-state index in [9.17, 15) is 9.90 Å². The van der Waals surface area contributed by atoms with E-state index in [1.165, 1.54) is 0 Å². The lowest BCUT2D eigenvalue weighted by molar-refractivity contribution is -0.133. The second kappa shape index (κ2) is 9.04. The average Bonchev–Trinajstić information content (AvgIpc) is 2.61. The molecule has 5 heteroatoms. The largest absolute Gasteiger partial charge is 0.497 e. The third kappa shape index (κ3) is 4.95. The lowest BCUT2D eigenvalue weighted by atomic mass is 9.96. The number of benzene rings is 1. The quantitative estimate of drug-likeness (QED) is 0.831. The molecule has 1 amide bonds. The van der Waals surface area contributed by atoms with Gasteiger partial charge in [-0.05, 0) is 43.5 Å². The molecule has 0 spiro atoms. The number of carbonyl (C=O) groups excluding carboxylic acids is 1. The van der Waals surface area contributed by atoms with E-state index in [2.05, 4.69) is 4.90 Å². The molecule has 0 aromatic heterocycles. The molecule has 0 bridgehead atoms. The first-order chi connectivity index (χ1) is 11.5. The monoisotopic (exact) mass is 334 g/mol. The Morgan fingerprint density at radius 3 is 2.96 bits per heavy atom. The van der Waals surface area contributed by atoms with Crippen molar-refractivity contribution in [3.05, 3.63) is 29.8 Å². The van der Waals surface area contributed by atoms with E-state index in [1.807, 2.05) is 38.2 Å². The number of aliphatic hydroxyl groups is 1. The van der Waals surface area contributed by atoms with Crippen molar-refractivity contribution in [2.75, 3.05) is 27.2 Å². The molecule has 1 aliphatic heterocycles. The van der Waals surface area contributed by atoms with Crippen LogP contribution >= 0.6 is 0 Å². The molecule has 2 unspecified atom stereocenters. The molecule has 1 heterocycles. The van der Waals surface area contributed by atoms with Gasteiger partial charge in [-0.2, -0.15) is 0 Å². The Morgan fingerprint density at radius 1 is 1.46 bits per heavy atom. The van der Waals surface area contributed by atoms with Crippen molar-refractivity contribution in [2.45, 2.75) is 51.3 Å². The fourth-order valence-corrected chi connectivity index (χ4v) is 3.35. The summed E-state index contributed by atoms with van der Waals surface area (Å²) in [7, 11) is 3.47. The Bertz CT molecular complexity index is 535. The lowest BCUT2D eigenvalue weighted by Crippen LogP contribution is -2.50. The number of carbonyl (C=O) groups is 1. The summed E-state index contributed by atoms with van der Waals surface area (Å²) in [5.41, 5.74) is 1.05. The van der Waals surface area contributed by atoms with Gasteiger partial charge in [-0.15, -0.1) is 0 Å². The van der Waals surface area contributed by atoms with Crippen LogP contribution in [0.1, 0.15) is 38.2 Å². The number of piperidine rings is 1. The van der Waals surface area contributed by atoms with Gasteiger partial charge in [-0.25, -0.2) is 0 Å². The molecular formula is C19H30N2O3. The molecule has 1 saturated heterocycles. The van der Waals surface area contributed by atoms with Crippen molar-refractivity contribution in [1.29, 1.82) is 0 Å². The highest BCUT2D eigenvalue weighted by molar-refractivity contribution is 5.78. The van der Waals surface area contributed by atoms with Crippen LogP contribution in [0, 0.1) is 0 Å². The number of methoxy groups -OCH3 is 1. The SMILES string of the molecule is CCC(O)C1CCCCN1CC(=O)N(C)Cc1cccc(OC)c1. The number of rotatable bonds is 7. The number of likely N-dealkylation sites (N-methyl/N-ethyl adjacent to an activating group) is 1. The minimum Gasteiger partial charge on any atom is -0.497 e. The van der Waals surface area contributed by atoms with Crippen LogP contribution in [0.5, 0.6) is 5.75 Å². The maximum absolute atomic E-state index is 12.6. The summed E-state index contributed by atoms with van der Waals surface area (Å²) in [6, 6.07) is 7.89. The average molecular weight is 334 g/mol. The number of ether oxygens (including phenoxy) is 1. The van der Waals surface area contributed by atoms with Crippen molar-refractivity contribution in [2.24, 2.45) is 0 Å². The summed E-state index contributed by atoms with van der Waals surface area (Å²) in [6.45, 7) is 3.82. The van der Waals surface area contributed by atoms with Crippen LogP contribution in [-0.4, -0.2) is 60.2 Å². The zero-order valence-corrected chi connectivity index (χ0v) is 15.1. The molecule has 24 heavy (non-hydrogen) atoms. The highest BCUT2D eigenvalue weighted by Gasteiger charge is 2.29. The van der Waals surface area contributed by atoms with Crippen LogP contribution in [-0.2, 0) is 11.3 Å². The molecule has 2 atom stereocenters. The molecule has 0 aliphatic carbocycles. The molecule has 134 valence electrons. The standard InChI is InChI=1S/C19H30N2O3/c1-4-18(22)17-10-5-6-11-21(17)14-19(23)20(2)13-15-8-7-9-16(12-15)24-3/h7-9,12,17-18,22H,4-6,10-11,13-14H2,1-3H3. The van der Waals surface area contributed by atoms with Gasteiger partial charge in [-0.1, -0.05) is 25.5 Å². The highest BCUT2D eigenvalue weighted by Crippen LogP contribution is 2.21. The number of hydrogen-bond donors (Lipinski definition) is 1. The van der Waals surface area contributed by atoms with Gasteiger partial charge in [0.1, 0.15) is 5.75 Å². The molecule has 1 fully saturated rings. The van der Waals surface area contributed by atoms with Gasteiger partial charge in [0.15, 0.2) is 0 Å². The van der Waals surface area contributed by atoms with E-state index in [1.54, 1.807) is 12.0 Å². The summed E-state index contributed by atoms with van der Waals surface area (Å²) < 4.78 is 5.23. The number of nitrogens with zero attached hydrogens (tertiary/aromatic N) is 2. The first-order valence-electron chi connectivity index (χ1n) is 8.84. The van der Waals surface area contributed by atoms with Crippen molar-refractivity contribution in [3.63, 3.8) is 0 Å². The Hall–Kier alpha value is -1.59. The van der Waals surface area contributed by atoms with E-state index >= 15 is 0 Å². The van der Waals surface area contributed by atoms with Gasteiger partial charge in [0.2, 0.25) is 5.91 Å². The first kappa shape index (κ1) is 18.7. The van der Waals surface area contributed by atoms with Crippen molar-refractivity contribution >= 4 is 5.91 Å². The summed E-state index contributed by atoms with van der Waals surface area (Å²) in [5.74, 6) is 0.892. The van der Waals surface area contributed by atoms with E-state index in [-0.39, 0.29) is 18.1 Å². The fraction of sp³-hybridized carbons (Fsp3) is 0.632. The molecule has 1 aromatic rings. The number of aliphatic hydroxyl groups excluding tert-OH is 1. The fourth-order valence-electron chi connectivity index (χ4n) is 3.35. The molecule has 1 N–H and O–H groups in total. The van der Waals surface area contributed by atoms with Gasteiger partial charge >= 0.3 is 0 Å². The molecule has 1 aliphatic rings. The van der Waals surface area contributed by atoms with Gasteiger partial charge in [0.25, 0.3) is 0 Å². The normalized spacial score (nSPS) is 19.8. The Morgan fingerprint density at radius 2 is 2.25 bits per heavy atom. The smallest absolute Gasteiger partial charge is 0.236 e. The molecule has 5 nitrogen and oxygen atoms in total. The second-order valence-corrected chi connectivity index (χ2v) is 6.61. The Labute approximate surface area is 145 Å². The maximum atomic E-state index is 12.6. The lowest BCUT2D eigenvalue weighted by Gasteiger charge is -2.38. The molecular weight excluding hydrogens is 304 g/mol. The zero-order valence-electron chi connectivity index (χ0n) is 15.1. The Kier molecular flexibility index (Phi) is 7.06. The second-order valence-electron chi connectivity index (χ2n) is 6.61. The zero-order chi connectivity index (χ0) is 17.5. The number of likely N-dealkylation sites (tertiary alicyclic amines) is 1. The van der Waals surface area contributed by atoms with Crippen molar-refractivity contribution < 1.29 is 14.6 Å². The third-order valence-electron chi connectivity index (χ3n) is 4.84. The van der Waals surface area contributed by atoms with E-state index in [0.29, 0.717) is 13.1 Å². The summed E-state index contributed by atoms with van der Waals surface area (Å²) >= 11 is 0. The van der Waals surface area contributed by atoms with Gasteiger partial charge in [0.05, 0.1) is 19.8 Å². The summed E-state index contributed by atoms with van der Waals surface area (Å²) in [5, 5.41) is 10.2. The predicted molar refractivity (Wildman–Crippen MR) is 95.0 cm³/mol. The topological polar surface area (TPSA) is 53.0 Å². The van der Waals surface area contributed by atoms with Gasteiger partial charge in [0, 0.05) is 19.6 Å². The van der Waals surface area contributed by atoms with Crippen molar-refractivity contribution in [3.8, 4) is 5.75 Å². The molecule has 2 rings (SSSR count). The summed E-state index contributed by atoms with van der Waals surface area (Å²) in [6.07, 6.45) is 3.59. The van der Waals surface area contributed by atoms with Crippen LogP contribution in [0.15, 0.2) is 24.3 Å². The minimum absolute atomic E-state index is 0.0908. The van der Waals surface area contributed by atoms with Crippen LogP contribution in [0.4, 0.5) is 0 Å². The number of hydrogen-bond acceptors (Lipinski definition) is 4. The van der Waals surface area contributed by atoms with E-state index in [4.69, 9.17) is 4.74 Å². The van der Waals surface area contributed by atoms with Crippen LogP contribution in [0.2, 0.25) is 0 Å².